The van der Waals surface area contributed by atoms with Crippen molar-refractivity contribution < 1.29 is 4.74 Å². The Morgan fingerprint density at radius 3 is 2.44 bits per heavy atom. The number of nitrogens with two attached hydrogens (primary N) is 1. The molecule has 1 saturated carbocycles. The van der Waals surface area contributed by atoms with Crippen LogP contribution < -0.4 is 15.4 Å². The van der Waals surface area contributed by atoms with Crippen LogP contribution in [0.5, 0.6) is 5.75 Å². The molecule has 1 aromatic heterocycles. The predicted molar refractivity (Wildman–Crippen MR) is 118 cm³/mol. The summed E-state index contributed by atoms with van der Waals surface area (Å²) in [5.74, 6) is 3.10. The number of nitrogens with zero attached hydrogens (tertiary/aromatic N) is 3. The number of rotatable bonds is 4. The number of hydrogen-bond donors (Lipinski definition) is 1. The van der Waals surface area contributed by atoms with Gasteiger partial charge >= 0.3 is 0 Å². The van der Waals surface area contributed by atoms with Crippen LogP contribution in [0.3, 0.4) is 0 Å². The molecule has 0 amide bonds. The van der Waals surface area contributed by atoms with E-state index in [2.05, 4.69) is 14.8 Å². The molecule has 3 heterocycles. The molecule has 0 spiro atoms. The van der Waals surface area contributed by atoms with E-state index in [4.69, 9.17) is 10.5 Å². The molecule has 8 heteroatoms. The highest BCUT2D eigenvalue weighted by atomic mass is 35.5. The minimum absolute atomic E-state index is 0. The van der Waals surface area contributed by atoms with Gasteiger partial charge in [0, 0.05) is 50.4 Å². The van der Waals surface area contributed by atoms with Crippen LogP contribution in [-0.2, 0) is 6.42 Å². The minimum atomic E-state index is 0. The molecular weight excluding hydrogens is 407 g/mol. The Hall–Kier alpha value is -0.460. The lowest BCUT2D eigenvalue weighted by atomic mass is 9.84. The predicted octanol–water partition coefficient (Wildman–Crippen LogP) is 3.31. The van der Waals surface area contributed by atoms with Gasteiger partial charge in [-0.05, 0) is 50.6 Å². The lowest BCUT2D eigenvalue weighted by Crippen LogP contribution is -2.47. The third-order valence-corrected chi connectivity index (χ3v) is 6.02. The zero-order chi connectivity index (χ0) is 16.4. The zero-order valence-electron chi connectivity index (χ0n) is 15.8. The van der Waals surface area contributed by atoms with E-state index >= 15 is 0 Å². The van der Waals surface area contributed by atoms with E-state index in [1.807, 2.05) is 12.3 Å². The van der Waals surface area contributed by atoms with Crippen LogP contribution in [-0.4, -0.2) is 55.3 Å². The summed E-state index contributed by atoms with van der Waals surface area (Å²) in [6.07, 6.45) is 9.36. The second-order valence-electron chi connectivity index (χ2n) is 7.61. The molecule has 5 nitrogen and oxygen atoms in total. The third-order valence-electron chi connectivity index (χ3n) is 6.02. The molecule has 2 fully saturated rings. The number of piperazine rings is 1. The molecule has 3 aliphatic rings. The van der Waals surface area contributed by atoms with Gasteiger partial charge in [-0.1, -0.05) is 0 Å². The van der Waals surface area contributed by atoms with Gasteiger partial charge < -0.3 is 15.4 Å². The Bertz CT molecular complexity index is 562. The fraction of sp³-hybridized carbons (Fsp3) is 0.737. The fourth-order valence-electron chi connectivity index (χ4n) is 4.40. The van der Waals surface area contributed by atoms with E-state index < -0.39 is 0 Å². The summed E-state index contributed by atoms with van der Waals surface area (Å²) in [5, 5.41) is 0. The molecule has 2 aliphatic heterocycles. The maximum Gasteiger partial charge on any atom is 0.135 e. The van der Waals surface area contributed by atoms with E-state index in [0.29, 0.717) is 6.04 Å². The van der Waals surface area contributed by atoms with Crippen molar-refractivity contribution in [1.82, 2.24) is 9.88 Å². The maximum absolute atomic E-state index is 6.01. The SMILES string of the molecule is Cl.Cl.Cl.NC1CCC(CCN2CCN(c3nccc4c3CCO4)CC2)CC1. The Kier molecular flexibility index (Phi) is 10.5. The van der Waals surface area contributed by atoms with Crippen LogP contribution in [0.2, 0.25) is 0 Å². The molecule has 4 rings (SSSR count). The van der Waals surface area contributed by atoms with Gasteiger partial charge in [-0.25, -0.2) is 4.98 Å². The van der Waals surface area contributed by atoms with Crippen molar-refractivity contribution in [2.24, 2.45) is 11.7 Å². The molecule has 0 atom stereocenters. The van der Waals surface area contributed by atoms with Crippen LogP contribution >= 0.6 is 37.2 Å². The molecule has 1 saturated heterocycles. The standard InChI is InChI=1S/C19H30N4O.3ClH/c20-16-3-1-15(2-4-16)6-9-22-10-12-23(13-11-22)19-17-7-14-24-18(17)5-8-21-19;;;/h5,8,15-16H,1-4,6-7,9-14,20H2;3*1H. The molecule has 156 valence electrons. The summed E-state index contributed by atoms with van der Waals surface area (Å²) in [5.41, 5.74) is 7.32. The summed E-state index contributed by atoms with van der Waals surface area (Å²) in [6.45, 7) is 6.52. The van der Waals surface area contributed by atoms with Gasteiger partial charge in [-0.15, -0.1) is 37.2 Å². The molecule has 0 radical (unpaired) electrons. The summed E-state index contributed by atoms with van der Waals surface area (Å²) < 4.78 is 5.68. The second kappa shape index (κ2) is 11.5. The van der Waals surface area contributed by atoms with Gasteiger partial charge in [0.1, 0.15) is 11.6 Å². The van der Waals surface area contributed by atoms with Crippen molar-refractivity contribution >= 4 is 43.0 Å². The first kappa shape index (κ1) is 24.6. The highest BCUT2D eigenvalue weighted by molar-refractivity contribution is 5.86. The first-order valence-electron chi connectivity index (χ1n) is 9.63. The van der Waals surface area contributed by atoms with Gasteiger partial charge in [-0.3, -0.25) is 4.90 Å². The van der Waals surface area contributed by atoms with Gasteiger partial charge in [-0.2, -0.15) is 0 Å². The smallest absolute Gasteiger partial charge is 0.135 e. The number of pyridine rings is 1. The van der Waals surface area contributed by atoms with Crippen LogP contribution in [0, 0.1) is 5.92 Å². The summed E-state index contributed by atoms with van der Waals surface area (Å²) >= 11 is 0. The molecule has 1 aromatic rings. The van der Waals surface area contributed by atoms with Crippen LogP contribution in [0.15, 0.2) is 12.3 Å². The highest BCUT2D eigenvalue weighted by Crippen LogP contribution is 2.32. The lowest BCUT2D eigenvalue weighted by Gasteiger charge is -2.37. The normalized spacial score (nSPS) is 24.7. The van der Waals surface area contributed by atoms with E-state index in [-0.39, 0.29) is 37.2 Å². The van der Waals surface area contributed by atoms with Gasteiger partial charge in [0.2, 0.25) is 0 Å². The van der Waals surface area contributed by atoms with Crippen molar-refractivity contribution in [3.05, 3.63) is 17.8 Å². The average molecular weight is 440 g/mol. The van der Waals surface area contributed by atoms with Crippen molar-refractivity contribution in [1.29, 1.82) is 0 Å². The number of ether oxygens (including phenoxy) is 1. The topological polar surface area (TPSA) is 54.6 Å². The lowest BCUT2D eigenvalue weighted by molar-refractivity contribution is 0.216. The van der Waals surface area contributed by atoms with E-state index in [1.54, 1.807) is 0 Å². The third kappa shape index (κ3) is 6.01. The largest absolute Gasteiger partial charge is 0.493 e. The average Bonchev–Trinajstić information content (AvgIpc) is 3.10. The summed E-state index contributed by atoms with van der Waals surface area (Å²) in [4.78, 5) is 9.72. The molecule has 0 unspecified atom stereocenters. The van der Waals surface area contributed by atoms with Gasteiger partial charge in [0.05, 0.1) is 6.61 Å². The van der Waals surface area contributed by atoms with Crippen molar-refractivity contribution in [2.75, 3.05) is 44.2 Å². The molecule has 27 heavy (non-hydrogen) atoms. The van der Waals surface area contributed by atoms with E-state index in [0.717, 1.165) is 56.7 Å². The van der Waals surface area contributed by atoms with Gasteiger partial charge in [0.25, 0.3) is 0 Å². The minimum Gasteiger partial charge on any atom is -0.493 e. The van der Waals surface area contributed by atoms with Crippen LogP contribution in [0.1, 0.15) is 37.7 Å². The zero-order valence-corrected chi connectivity index (χ0v) is 18.3. The van der Waals surface area contributed by atoms with E-state index in [1.165, 1.54) is 44.2 Å². The molecule has 1 aliphatic carbocycles. The van der Waals surface area contributed by atoms with Crippen molar-refractivity contribution in [3.8, 4) is 5.75 Å². The number of hydrogen-bond acceptors (Lipinski definition) is 5. The number of anilines is 1. The van der Waals surface area contributed by atoms with Crippen LogP contribution in [0.4, 0.5) is 5.82 Å². The molecule has 2 N–H and O–H groups in total. The Morgan fingerprint density at radius 2 is 1.74 bits per heavy atom. The number of fused-ring (bicyclic) bond motifs is 1. The first-order valence-corrected chi connectivity index (χ1v) is 9.63. The Labute approximate surface area is 181 Å². The maximum atomic E-state index is 6.01. The summed E-state index contributed by atoms with van der Waals surface area (Å²) in [7, 11) is 0. The monoisotopic (exact) mass is 438 g/mol. The molecule has 0 aromatic carbocycles. The summed E-state index contributed by atoms with van der Waals surface area (Å²) in [6, 6.07) is 2.46. The van der Waals surface area contributed by atoms with E-state index in [9.17, 15) is 0 Å². The van der Waals surface area contributed by atoms with Crippen molar-refractivity contribution in [3.63, 3.8) is 0 Å². The number of aromatic nitrogens is 1. The first-order chi connectivity index (χ1) is 11.8. The molecular formula is C19H33Cl3N4O. The van der Waals surface area contributed by atoms with Crippen LogP contribution in [0.25, 0.3) is 0 Å². The Balaban J connectivity index is 0.00000121. The highest BCUT2D eigenvalue weighted by Gasteiger charge is 2.25. The Morgan fingerprint density at radius 1 is 1.04 bits per heavy atom. The fourth-order valence-corrected chi connectivity index (χ4v) is 4.40. The molecule has 0 bridgehead atoms. The number of halogens is 3. The van der Waals surface area contributed by atoms with Gasteiger partial charge in [0.15, 0.2) is 0 Å². The second-order valence-corrected chi connectivity index (χ2v) is 7.61. The quantitative estimate of drug-likeness (QED) is 0.780. The van der Waals surface area contributed by atoms with Crippen molar-refractivity contribution in [2.45, 2.75) is 44.6 Å².